The van der Waals surface area contributed by atoms with Crippen molar-refractivity contribution in [2.75, 3.05) is 6.61 Å². The Labute approximate surface area is 94.4 Å². The van der Waals surface area contributed by atoms with E-state index in [1.54, 1.807) is 0 Å². The summed E-state index contributed by atoms with van der Waals surface area (Å²) in [5.41, 5.74) is 3.91. The van der Waals surface area contributed by atoms with E-state index in [1.807, 2.05) is 19.1 Å². The van der Waals surface area contributed by atoms with Crippen molar-refractivity contribution in [2.45, 2.75) is 32.5 Å². The smallest absolute Gasteiger partial charge is 0.338 e. The van der Waals surface area contributed by atoms with Gasteiger partial charge in [-0.05, 0) is 31.0 Å². The van der Waals surface area contributed by atoms with Crippen molar-refractivity contribution in [1.82, 2.24) is 0 Å². The maximum atomic E-state index is 11.4. The molecule has 0 spiro atoms. The third-order valence-electron chi connectivity index (χ3n) is 3.74. The highest BCUT2D eigenvalue weighted by Crippen LogP contribution is 2.40. The van der Waals surface area contributed by atoms with Crippen LogP contribution in [-0.4, -0.2) is 12.6 Å². The minimum atomic E-state index is -0.204. The van der Waals surface area contributed by atoms with Crippen molar-refractivity contribution in [3.05, 3.63) is 34.4 Å². The Balaban J connectivity index is 2.13. The van der Waals surface area contributed by atoms with Gasteiger partial charge in [0.2, 0.25) is 0 Å². The number of carbonyl (C=O) groups excluding carboxylic acids is 1. The number of ether oxygens (including phenoxy) is 2. The Hall–Kier alpha value is -1.35. The monoisotopic (exact) mass is 218 g/mol. The van der Waals surface area contributed by atoms with Crippen LogP contribution in [0.25, 0.3) is 0 Å². The number of cyclic esters (lactones) is 1. The van der Waals surface area contributed by atoms with Gasteiger partial charge in [0.25, 0.3) is 0 Å². The molecule has 1 aromatic rings. The van der Waals surface area contributed by atoms with Crippen molar-refractivity contribution in [1.29, 1.82) is 0 Å². The molecule has 3 heteroatoms. The summed E-state index contributed by atoms with van der Waals surface area (Å²) >= 11 is 0. The molecule has 2 heterocycles. The van der Waals surface area contributed by atoms with Crippen molar-refractivity contribution in [3.8, 4) is 0 Å². The Kier molecular flexibility index (Phi) is 1.89. The minimum Gasteiger partial charge on any atom is -0.457 e. The van der Waals surface area contributed by atoms with Crippen molar-refractivity contribution in [3.63, 3.8) is 0 Å². The summed E-state index contributed by atoms with van der Waals surface area (Å²) in [5.74, 6) is -0.204. The van der Waals surface area contributed by atoms with Gasteiger partial charge in [-0.15, -0.1) is 0 Å². The van der Waals surface area contributed by atoms with Crippen molar-refractivity contribution in [2.24, 2.45) is 0 Å². The lowest BCUT2D eigenvalue weighted by molar-refractivity contribution is -0.141. The van der Waals surface area contributed by atoms with Crippen LogP contribution >= 0.6 is 0 Å². The number of hydrogen-bond acceptors (Lipinski definition) is 3. The van der Waals surface area contributed by atoms with Gasteiger partial charge in [0.1, 0.15) is 6.61 Å². The molecule has 0 aromatic heterocycles. The van der Waals surface area contributed by atoms with Gasteiger partial charge in [0.05, 0.1) is 17.8 Å². The van der Waals surface area contributed by atoms with Gasteiger partial charge in [0.15, 0.2) is 0 Å². The molecule has 3 rings (SSSR count). The molecule has 0 aliphatic carbocycles. The summed E-state index contributed by atoms with van der Waals surface area (Å²) in [6, 6.07) is 3.86. The van der Waals surface area contributed by atoms with E-state index in [2.05, 4.69) is 6.92 Å². The Bertz CT molecular complexity index is 472. The molecule has 1 atom stereocenters. The number of hydrogen-bond donors (Lipinski definition) is 0. The lowest BCUT2D eigenvalue weighted by Gasteiger charge is -2.40. The molecule has 0 amide bonds. The summed E-state index contributed by atoms with van der Waals surface area (Å²) in [6.45, 7) is 5.37. The zero-order chi connectivity index (χ0) is 11.3. The molecule has 1 fully saturated rings. The summed E-state index contributed by atoms with van der Waals surface area (Å²) in [5, 5.41) is 0. The summed E-state index contributed by atoms with van der Waals surface area (Å²) in [6.07, 6.45) is 1.04. The van der Waals surface area contributed by atoms with E-state index in [9.17, 15) is 4.79 Å². The zero-order valence-corrected chi connectivity index (χ0v) is 9.50. The summed E-state index contributed by atoms with van der Waals surface area (Å²) in [4.78, 5) is 11.4. The van der Waals surface area contributed by atoms with Gasteiger partial charge in [-0.25, -0.2) is 4.79 Å². The largest absolute Gasteiger partial charge is 0.457 e. The first-order valence-electron chi connectivity index (χ1n) is 5.56. The average molecular weight is 218 g/mol. The molecule has 3 nitrogen and oxygen atoms in total. The molecule has 1 unspecified atom stereocenters. The van der Waals surface area contributed by atoms with E-state index in [0.717, 1.165) is 24.2 Å². The molecule has 0 N–H and O–H groups in total. The molecule has 0 bridgehead atoms. The molecule has 2 aliphatic rings. The van der Waals surface area contributed by atoms with Gasteiger partial charge in [-0.1, -0.05) is 6.07 Å². The molecular weight excluding hydrogens is 204 g/mol. The second-order valence-corrected chi connectivity index (χ2v) is 4.67. The molecule has 0 radical (unpaired) electrons. The maximum Gasteiger partial charge on any atom is 0.338 e. The van der Waals surface area contributed by atoms with Crippen LogP contribution < -0.4 is 0 Å². The minimum absolute atomic E-state index is 0.162. The molecule has 1 saturated heterocycles. The van der Waals surface area contributed by atoms with Crippen molar-refractivity contribution < 1.29 is 14.3 Å². The highest BCUT2D eigenvalue weighted by molar-refractivity contribution is 5.94. The molecule has 84 valence electrons. The standard InChI is InChI=1S/C13H14O3/c1-8-10-7-15-12(14)9(10)3-4-11(8)13(2)5-6-16-13/h3-4H,5-7H2,1-2H3. The number of carbonyl (C=O) groups is 1. The highest BCUT2D eigenvalue weighted by Gasteiger charge is 2.38. The molecular formula is C13H14O3. The van der Waals surface area contributed by atoms with E-state index in [-0.39, 0.29) is 11.6 Å². The Morgan fingerprint density at radius 2 is 2.12 bits per heavy atom. The van der Waals surface area contributed by atoms with Gasteiger partial charge in [-0.2, -0.15) is 0 Å². The van der Waals surface area contributed by atoms with E-state index >= 15 is 0 Å². The van der Waals surface area contributed by atoms with E-state index in [1.165, 1.54) is 5.56 Å². The van der Waals surface area contributed by atoms with E-state index < -0.39 is 0 Å². The van der Waals surface area contributed by atoms with E-state index in [0.29, 0.717) is 12.2 Å². The van der Waals surface area contributed by atoms with Gasteiger partial charge >= 0.3 is 5.97 Å². The topological polar surface area (TPSA) is 35.5 Å². The molecule has 1 aromatic carbocycles. The molecule has 0 saturated carbocycles. The predicted octanol–water partition coefficient (Wildman–Crippen LogP) is 2.30. The number of rotatable bonds is 1. The third kappa shape index (κ3) is 1.15. The van der Waals surface area contributed by atoms with Gasteiger partial charge in [0, 0.05) is 12.0 Å². The summed E-state index contributed by atoms with van der Waals surface area (Å²) in [7, 11) is 0. The van der Waals surface area contributed by atoms with Gasteiger partial charge in [-0.3, -0.25) is 0 Å². The highest BCUT2D eigenvalue weighted by atomic mass is 16.5. The third-order valence-corrected chi connectivity index (χ3v) is 3.74. The van der Waals surface area contributed by atoms with Crippen LogP contribution in [0, 0.1) is 6.92 Å². The SMILES string of the molecule is Cc1c(C2(C)CCO2)ccc2c1COC2=O. The fraction of sp³-hybridized carbons (Fsp3) is 0.462. The Morgan fingerprint density at radius 3 is 2.75 bits per heavy atom. The fourth-order valence-corrected chi connectivity index (χ4v) is 2.54. The fourth-order valence-electron chi connectivity index (χ4n) is 2.54. The van der Waals surface area contributed by atoms with Crippen LogP contribution in [0.1, 0.15) is 40.4 Å². The van der Waals surface area contributed by atoms with Crippen LogP contribution in [0.4, 0.5) is 0 Å². The van der Waals surface area contributed by atoms with Crippen LogP contribution in [0.5, 0.6) is 0 Å². The van der Waals surface area contributed by atoms with Crippen LogP contribution in [0.3, 0.4) is 0 Å². The van der Waals surface area contributed by atoms with Crippen LogP contribution in [-0.2, 0) is 21.7 Å². The second-order valence-electron chi connectivity index (χ2n) is 4.67. The Morgan fingerprint density at radius 1 is 1.38 bits per heavy atom. The normalized spacial score (nSPS) is 27.2. The first kappa shape index (κ1) is 9.85. The predicted molar refractivity (Wildman–Crippen MR) is 58.2 cm³/mol. The van der Waals surface area contributed by atoms with Gasteiger partial charge < -0.3 is 9.47 Å². The zero-order valence-electron chi connectivity index (χ0n) is 9.50. The lowest BCUT2D eigenvalue weighted by atomic mass is 9.83. The average Bonchev–Trinajstić information content (AvgIpc) is 2.59. The number of esters is 1. The van der Waals surface area contributed by atoms with E-state index in [4.69, 9.17) is 9.47 Å². The summed E-state index contributed by atoms with van der Waals surface area (Å²) < 4.78 is 10.7. The number of fused-ring (bicyclic) bond motifs is 1. The number of benzene rings is 1. The van der Waals surface area contributed by atoms with Crippen molar-refractivity contribution >= 4 is 5.97 Å². The second kappa shape index (κ2) is 3.08. The quantitative estimate of drug-likeness (QED) is 0.678. The molecule has 2 aliphatic heterocycles. The van der Waals surface area contributed by atoms with Crippen LogP contribution in [0.15, 0.2) is 12.1 Å². The first-order chi connectivity index (χ1) is 7.62. The maximum absolute atomic E-state index is 11.4. The lowest BCUT2D eigenvalue weighted by Crippen LogP contribution is -2.38. The van der Waals surface area contributed by atoms with Crippen LogP contribution in [0.2, 0.25) is 0 Å². The first-order valence-corrected chi connectivity index (χ1v) is 5.56. The molecule has 16 heavy (non-hydrogen) atoms.